The van der Waals surface area contributed by atoms with Crippen molar-refractivity contribution in [3.63, 3.8) is 0 Å². The van der Waals surface area contributed by atoms with Crippen LogP contribution in [0.2, 0.25) is 0 Å². The van der Waals surface area contributed by atoms with Crippen molar-refractivity contribution in [3.05, 3.63) is 110 Å². The molecule has 0 amide bonds. The maximum atomic E-state index is 14.0. The van der Waals surface area contributed by atoms with Gasteiger partial charge >= 0.3 is 5.97 Å². The Bertz CT molecular complexity index is 1540. The number of ether oxygens (including phenoxy) is 4. The van der Waals surface area contributed by atoms with E-state index in [0.29, 0.717) is 40.5 Å². The zero-order chi connectivity index (χ0) is 29.1. The molecule has 1 aliphatic carbocycles. The monoisotopic (exact) mass is 617 g/mol. The molecule has 2 atom stereocenters. The summed E-state index contributed by atoms with van der Waals surface area (Å²) >= 11 is 3.57. The van der Waals surface area contributed by atoms with Crippen LogP contribution in [0, 0.1) is 0 Å². The molecule has 1 N–H and O–H groups in total. The highest BCUT2D eigenvalue weighted by Crippen LogP contribution is 2.48. The van der Waals surface area contributed by atoms with Gasteiger partial charge in [0, 0.05) is 33.4 Å². The molecule has 1 aliphatic heterocycles. The molecule has 8 heteroatoms. The second-order valence-corrected chi connectivity index (χ2v) is 11.0. The number of allylic oxidation sites excluding steroid dienone is 3. The summed E-state index contributed by atoms with van der Waals surface area (Å²) in [6, 6.07) is 20.9. The number of methoxy groups -OCH3 is 3. The van der Waals surface area contributed by atoms with E-state index in [1.54, 1.807) is 21.3 Å². The minimum absolute atomic E-state index is 0.0357. The summed E-state index contributed by atoms with van der Waals surface area (Å²) < 4.78 is 23.2. The van der Waals surface area contributed by atoms with Gasteiger partial charge in [0.05, 0.1) is 32.8 Å². The first-order valence-electron chi connectivity index (χ1n) is 13.3. The standard InChI is InChI=1S/C33H32BrNO6/c1-19-30(33(37)41-18-20-8-6-5-7-9-20)31(24-17-23(34)11-13-27(24)38-2)32-25(35-19)14-22(15-26(32)36)21-10-12-28(39-3)29(16-21)40-4/h5-13,16-17,22,31,35H,14-15,18H2,1-4H3/t22-,31-/m1/s1. The normalized spacial score (nSPS) is 18.4. The summed E-state index contributed by atoms with van der Waals surface area (Å²) in [6.07, 6.45) is 0.876. The van der Waals surface area contributed by atoms with Crippen LogP contribution in [-0.4, -0.2) is 33.1 Å². The molecule has 5 rings (SSSR count). The molecule has 0 fully saturated rings. The van der Waals surface area contributed by atoms with Crippen LogP contribution >= 0.6 is 15.9 Å². The number of dihydropyridines is 1. The Balaban J connectivity index is 1.56. The van der Waals surface area contributed by atoms with Crippen LogP contribution in [0.3, 0.4) is 0 Å². The zero-order valence-corrected chi connectivity index (χ0v) is 25.0. The van der Waals surface area contributed by atoms with Crippen molar-refractivity contribution in [2.45, 2.75) is 38.2 Å². The highest BCUT2D eigenvalue weighted by Gasteiger charge is 2.42. The second kappa shape index (κ2) is 12.2. The fourth-order valence-corrected chi connectivity index (χ4v) is 6.07. The Morgan fingerprint density at radius 2 is 1.61 bits per heavy atom. The Morgan fingerprint density at radius 3 is 2.32 bits per heavy atom. The van der Waals surface area contributed by atoms with E-state index in [2.05, 4.69) is 21.2 Å². The van der Waals surface area contributed by atoms with E-state index >= 15 is 0 Å². The van der Waals surface area contributed by atoms with Gasteiger partial charge in [0.25, 0.3) is 0 Å². The van der Waals surface area contributed by atoms with E-state index in [1.165, 1.54) is 0 Å². The fourth-order valence-electron chi connectivity index (χ4n) is 5.69. The Morgan fingerprint density at radius 1 is 0.902 bits per heavy atom. The van der Waals surface area contributed by atoms with Gasteiger partial charge in [-0.05, 0) is 60.7 Å². The van der Waals surface area contributed by atoms with E-state index in [4.69, 9.17) is 18.9 Å². The third-order valence-electron chi connectivity index (χ3n) is 7.64. The molecule has 0 radical (unpaired) electrons. The number of benzene rings is 3. The van der Waals surface area contributed by atoms with Crippen molar-refractivity contribution < 1.29 is 28.5 Å². The van der Waals surface area contributed by atoms with Crippen LogP contribution in [0.15, 0.2) is 93.7 Å². The topological polar surface area (TPSA) is 83.1 Å². The molecule has 1 heterocycles. The number of rotatable bonds is 8. The smallest absolute Gasteiger partial charge is 0.337 e. The van der Waals surface area contributed by atoms with Crippen molar-refractivity contribution in [2.75, 3.05) is 21.3 Å². The lowest BCUT2D eigenvalue weighted by Gasteiger charge is -2.37. The predicted octanol–water partition coefficient (Wildman–Crippen LogP) is 6.58. The van der Waals surface area contributed by atoms with E-state index in [9.17, 15) is 9.59 Å². The van der Waals surface area contributed by atoms with Crippen LogP contribution in [0.1, 0.15) is 48.3 Å². The second-order valence-electron chi connectivity index (χ2n) is 10.1. The summed E-state index contributed by atoms with van der Waals surface area (Å²) in [6.45, 7) is 1.98. The lowest BCUT2D eigenvalue weighted by atomic mass is 9.71. The molecule has 0 aromatic heterocycles. The van der Waals surface area contributed by atoms with Crippen LogP contribution < -0.4 is 19.5 Å². The Labute approximate surface area is 248 Å². The molecule has 212 valence electrons. The molecule has 2 aliphatic rings. The van der Waals surface area contributed by atoms with Gasteiger partial charge in [-0.15, -0.1) is 0 Å². The number of carbonyl (C=O) groups excluding carboxylic acids is 2. The first-order valence-corrected chi connectivity index (χ1v) is 14.1. The van der Waals surface area contributed by atoms with Gasteiger partial charge in [0.2, 0.25) is 0 Å². The van der Waals surface area contributed by atoms with Crippen molar-refractivity contribution in [1.29, 1.82) is 0 Å². The van der Waals surface area contributed by atoms with E-state index in [0.717, 1.165) is 26.9 Å². The highest BCUT2D eigenvalue weighted by molar-refractivity contribution is 9.10. The van der Waals surface area contributed by atoms with Crippen LogP contribution in [0.5, 0.6) is 17.2 Å². The molecule has 3 aromatic carbocycles. The van der Waals surface area contributed by atoms with E-state index < -0.39 is 11.9 Å². The Kier molecular flexibility index (Phi) is 8.49. The first kappa shape index (κ1) is 28.5. The number of hydrogen-bond donors (Lipinski definition) is 1. The summed E-state index contributed by atoms with van der Waals surface area (Å²) in [7, 11) is 4.78. The van der Waals surface area contributed by atoms with Crippen molar-refractivity contribution in [1.82, 2.24) is 5.32 Å². The number of Topliss-reactive ketones (excluding diaryl/α,β-unsaturated/α-hetero) is 1. The van der Waals surface area contributed by atoms with Crippen LogP contribution in [0.25, 0.3) is 0 Å². The number of ketones is 1. The van der Waals surface area contributed by atoms with Gasteiger partial charge < -0.3 is 24.3 Å². The number of esters is 1. The number of halogens is 1. The third kappa shape index (κ3) is 5.75. The average Bonchev–Trinajstić information content (AvgIpc) is 2.99. The molecule has 0 spiro atoms. The maximum absolute atomic E-state index is 14.0. The van der Waals surface area contributed by atoms with Crippen LogP contribution in [0.4, 0.5) is 0 Å². The maximum Gasteiger partial charge on any atom is 0.337 e. The molecule has 7 nitrogen and oxygen atoms in total. The lowest BCUT2D eigenvalue weighted by Crippen LogP contribution is -2.36. The molecule has 0 unspecified atom stereocenters. The van der Waals surface area contributed by atoms with Crippen molar-refractivity contribution in [2.24, 2.45) is 0 Å². The molecular formula is C33H32BrNO6. The van der Waals surface area contributed by atoms with Crippen molar-refractivity contribution in [3.8, 4) is 17.2 Å². The van der Waals surface area contributed by atoms with Gasteiger partial charge in [-0.25, -0.2) is 4.79 Å². The minimum Gasteiger partial charge on any atom is -0.496 e. The first-order chi connectivity index (χ1) is 19.8. The number of carbonyl (C=O) groups is 2. The van der Waals surface area contributed by atoms with Gasteiger partial charge in [0.1, 0.15) is 12.4 Å². The van der Waals surface area contributed by atoms with Gasteiger partial charge in [-0.3, -0.25) is 4.79 Å². The third-order valence-corrected chi connectivity index (χ3v) is 8.14. The van der Waals surface area contributed by atoms with E-state index in [1.807, 2.05) is 73.7 Å². The average molecular weight is 619 g/mol. The van der Waals surface area contributed by atoms with Gasteiger partial charge in [-0.2, -0.15) is 0 Å². The molecule has 41 heavy (non-hydrogen) atoms. The summed E-state index contributed by atoms with van der Waals surface area (Å²) in [4.78, 5) is 27.7. The van der Waals surface area contributed by atoms with Gasteiger partial charge in [-0.1, -0.05) is 52.3 Å². The largest absolute Gasteiger partial charge is 0.496 e. The zero-order valence-electron chi connectivity index (χ0n) is 23.5. The quantitative estimate of drug-likeness (QED) is 0.286. The molecule has 0 bridgehead atoms. The van der Waals surface area contributed by atoms with Crippen molar-refractivity contribution >= 4 is 27.7 Å². The van der Waals surface area contributed by atoms with E-state index in [-0.39, 0.29) is 24.7 Å². The number of hydrogen-bond acceptors (Lipinski definition) is 7. The summed E-state index contributed by atoms with van der Waals surface area (Å²) in [5, 5.41) is 3.41. The number of nitrogens with one attached hydrogen (secondary N) is 1. The minimum atomic E-state index is -0.652. The van der Waals surface area contributed by atoms with Gasteiger partial charge in [0.15, 0.2) is 17.3 Å². The fraction of sp³-hybridized carbons (Fsp3) is 0.273. The predicted molar refractivity (Wildman–Crippen MR) is 159 cm³/mol. The Hall–Kier alpha value is -4.04. The molecule has 0 saturated carbocycles. The summed E-state index contributed by atoms with van der Waals surface area (Å²) in [5.74, 6) is 0.596. The highest BCUT2D eigenvalue weighted by atomic mass is 79.9. The molecular weight excluding hydrogens is 586 g/mol. The molecule has 3 aromatic rings. The SMILES string of the molecule is COc1ccc([C@H]2CC(=O)C3=C(C2)NC(C)=C(C(=O)OCc2ccccc2)[C@H]3c2cc(Br)ccc2OC)cc1OC. The summed E-state index contributed by atoms with van der Waals surface area (Å²) in [5.41, 5.74) is 4.99. The lowest BCUT2D eigenvalue weighted by molar-refractivity contribution is -0.140. The molecule has 0 saturated heterocycles. The van der Waals surface area contributed by atoms with Crippen LogP contribution in [-0.2, 0) is 20.9 Å².